The zero-order valence-corrected chi connectivity index (χ0v) is 13.0. The van der Waals surface area contributed by atoms with Crippen LogP contribution in [0, 0.1) is 0 Å². The fourth-order valence-electron chi connectivity index (χ4n) is 2.27. The van der Waals surface area contributed by atoms with E-state index in [1.165, 1.54) is 0 Å². The van der Waals surface area contributed by atoms with Crippen LogP contribution < -0.4 is 0 Å². The average molecular weight is 309 g/mol. The largest absolute Gasteiger partial charge is 0.360 e. The lowest BCUT2D eigenvalue weighted by atomic mass is 9.93. The fourth-order valence-corrected chi connectivity index (χ4v) is 2.27. The summed E-state index contributed by atoms with van der Waals surface area (Å²) in [5.74, 6) is 1.57. The van der Waals surface area contributed by atoms with Crippen molar-refractivity contribution in [2.45, 2.75) is 26.2 Å². The number of hydrogen-bond donors (Lipinski definition) is 0. The van der Waals surface area contributed by atoms with E-state index < -0.39 is 0 Å². The highest BCUT2D eigenvalue weighted by molar-refractivity contribution is 5.75. The van der Waals surface area contributed by atoms with Gasteiger partial charge in [-0.05, 0) is 12.1 Å². The first-order chi connectivity index (χ1) is 11.0. The maximum Gasteiger partial charge on any atom is 0.280 e. The van der Waals surface area contributed by atoms with E-state index in [9.17, 15) is 0 Å². The molecule has 116 valence electrons. The Morgan fingerprint density at radius 2 is 1.96 bits per heavy atom. The van der Waals surface area contributed by atoms with Gasteiger partial charge in [0.15, 0.2) is 5.69 Å². The van der Waals surface area contributed by atoms with Crippen molar-refractivity contribution < 1.29 is 9.05 Å². The van der Waals surface area contributed by atoms with E-state index in [-0.39, 0.29) is 5.41 Å². The lowest BCUT2D eigenvalue weighted by molar-refractivity contribution is 0.328. The molecule has 0 aliphatic carbocycles. The highest BCUT2D eigenvalue weighted by Crippen LogP contribution is 2.28. The Morgan fingerprint density at radius 3 is 2.74 bits per heavy atom. The summed E-state index contributed by atoms with van der Waals surface area (Å²) >= 11 is 0. The Bertz CT molecular complexity index is 974. The SMILES string of the molecule is CC(C)(C)c1cc(-c2nc(-c3cnn4ccccc34)no2)no1. The van der Waals surface area contributed by atoms with Gasteiger partial charge in [0.2, 0.25) is 5.82 Å². The molecular weight excluding hydrogens is 294 g/mol. The van der Waals surface area contributed by atoms with Gasteiger partial charge >= 0.3 is 0 Å². The molecule has 0 aliphatic rings. The molecule has 4 heterocycles. The monoisotopic (exact) mass is 309 g/mol. The zero-order chi connectivity index (χ0) is 16.0. The van der Waals surface area contributed by atoms with Crippen molar-refractivity contribution in [2.75, 3.05) is 0 Å². The molecule has 0 aliphatic heterocycles. The highest BCUT2D eigenvalue weighted by atomic mass is 16.5. The van der Waals surface area contributed by atoms with Gasteiger partial charge in [-0.25, -0.2) is 4.52 Å². The van der Waals surface area contributed by atoms with E-state index in [0.29, 0.717) is 17.4 Å². The van der Waals surface area contributed by atoms with E-state index in [2.05, 4.69) is 41.2 Å². The molecule has 0 N–H and O–H groups in total. The van der Waals surface area contributed by atoms with Crippen LogP contribution in [-0.2, 0) is 5.41 Å². The van der Waals surface area contributed by atoms with Crippen molar-refractivity contribution in [3.8, 4) is 23.0 Å². The first kappa shape index (κ1) is 13.7. The molecule has 4 rings (SSSR count). The van der Waals surface area contributed by atoms with Gasteiger partial charge in [0, 0.05) is 17.7 Å². The van der Waals surface area contributed by atoms with Crippen molar-refractivity contribution in [3.63, 3.8) is 0 Å². The normalized spacial score (nSPS) is 12.1. The van der Waals surface area contributed by atoms with Gasteiger partial charge < -0.3 is 9.05 Å². The van der Waals surface area contributed by atoms with Gasteiger partial charge in [-0.2, -0.15) is 10.1 Å². The summed E-state index contributed by atoms with van der Waals surface area (Å²) in [7, 11) is 0. The van der Waals surface area contributed by atoms with Crippen LogP contribution in [0.4, 0.5) is 0 Å². The van der Waals surface area contributed by atoms with Crippen LogP contribution in [0.25, 0.3) is 28.5 Å². The Morgan fingerprint density at radius 1 is 1.09 bits per heavy atom. The van der Waals surface area contributed by atoms with E-state index in [1.807, 2.05) is 30.5 Å². The van der Waals surface area contributed by atoms with Crippen molar-refractivity contribution in [3.05, 3.63) is 42.4 Å². The number of pyridine rings is 1. The van der Waals surface area contributed by atoms with Gasteiger partial charge in [0.1, 0.15) is 5.76 Å². The number of rotatable bonds is 2. The Kier molecular flexibility index (Phi) is 2.84. The summed E-state index contributed by atoms with van der Waals surface area (Å²) in [5.41, 5.74) is 2.12. The van der Waals surface area contributed by atoms with Crippen molar-refractivity contribution >= 4 is 5.52 Å². The van der Waals surface area contributed by atoms with E-state index in [1.54, 1.807) is 10.7 Å². The number of aromatic nitrogens is 5. The third kappa shape index (κ3) is 2.30. The summed E-state index contributed by atoms with van der Waals surface area (Å²) in [6.07, 6.45) is 3.58. The van der Waals surface area contributed by atoms with Crippen LogP contribution >= 0.6 is 0 Å². The fraction of sp³-hybridized carbons (Fsp3) is 0.250. The smallest absolute Gasteiger partial charge is 0.280 e. The number of nitrogens with zero attached hydrogens (tertiary/aromatic N) is 5. The molecule has 0 saturated carbocycles. The molecular formula is C16H15N5O2. The average Bonchev–Trinajstić information content (AvgIpc) is 3.24. The molecule has 4 aromatic rings. The maximum atomic E-state index is 5.36. The first-order valence-electron chi connectivity index (χ1n) is 7.26. The molecule has 0 atom stereocenters. The molecule has 0 saturated heterocycles. The molecule has 0 spiro atoms. The Labute approximate surface area is 131 Å². The van der Waals surface area contributed by atoms with E-state index in [0.717, 1.165) is 16.8 Å². The quantitative estimate of drug-likeness (QED) is 0.565. The predicted octanol–water partition coefficient (Wildman–Crippen LogP) is 3.34. The topological polar surface area (TPSA) is 82.2 Å². The Balaban J connectivity index is 1.73. The summed E-state index contributed by atoms with van der Waals surface area (Å²) < 4.78 is 12.5. The van der Waals surface area contributed by atoms with Crippen LogP contribution in [0.5, 0.6) is 0 Å². The zero-order valence-electron chi connectivity index (χ0n) is 13.0. The summed E-state index contributed by atoms with van der Waals surface area (Å²) in [4.78, 5) is 4.41. The van der Waals surface area contributed by atoms with Crippen LogP contribution in [-0.4, -0.2) is 24.9 Å². The summed E-state index contributed by atoms with van der Waals surface area (Å²) in [5, 5.41) is 12.3. The van der Waals surface area contributed by atoms with Gasteiger partial charge in [0.25, 0.3) is 5.89 Å². The minimum absolute atomic E-state index is 0.128. The number of fused-ring (bicyclic) bond motifs is 1. The number of hydrogen-bond acceptors (Lipinski definition) is 6. The minimum atomic E-state index is -0.128. The molecule has 0 unspecified atom stereocenters. The van der Waals surface area contributed by atoms with Crippen LogP contribution in [0.15, 0.2) is 45.7 Å². The lowest BCUT2D eigenvalue weighted by Gasteiger charge is -2.11. The van der Waals surface area contributed by atoms with Gasteiger partial charge in [-0.1, -0.05) is 37.2 Å². The third-order valence-electron chi connectivity index (χ3n) is 3.56. The van der Waals surface area contributed by atoms with E-state index in [4.69, 9.17) is 9.05 Å². The molecule has 7 heteroatoms. The van der Waals surface area contributed by atoms with Crippen molar-refractivity contribution in [2.24, 2.45) is 0 Å². The molecule has 0 radical (unpaired) electrons. The molecule has 0 amide bonds. The van der Waals surface area contributed by atoms with Gasteiger partial charge in [0.05, 0.1) is 17.3 Å². The predicted molar refractivity (Wildman–Crippen MR) is 82.7 cm³/mol. The highest BCUT2D eigenvalue weighted by Gasteiger charge is 2.23. The van der Waals surface area contributed by atoms with Crippen LogP contribution in [0.3, 0.4) is 0 Å². The second-order valence-corrected chi connectivity index (χ2v) is 6.34. The minimum Gasteiger partial charge on any atom is -0.360 e. The molecule has 23 heavy (non-hydrogen) atoms. The Hall–Kier alpha value is -2.96. The first-order valence-corrected chi connectivity index (χ1v) is 7.26. The standard InChI is InChI=1S/C16H15N5O2/c1-16(2,3)13-8-11(19-22-13)15-18-14(20-23-15)10-9-17-21-7-5-4-6-12(10)21/h4-9H,1-3H3. The van der Waals surface area contributed by atoms with Crippen LogP contribution in [0.1, 0.15) is 26.5 Å². The molecule has 0 bridgehead atoms. The molecule has 0 aromatic carbocycles. The molecule has 0 fully saturated rings. The van der Waals surface area contributed by atoms with Gasteiger partial charge in [-0.3, -0.25) is 0 Å². The maximum absolute atomic E-state index is 5.36. The van der Waals surface area contributed by atoms with Crippen molar-refractivity contribution in [1.82, 2.24) is 24.9 Å². The van der Waals surface area contributed by atoms with Crippen LogP contribution in [0.2, 0.25) is 0 Å². The second-order valence-electron chi connectivity index (χ2n) is 6.34. The molecule has 4 aromatic heterocycles. The summed E-state index contributed by atoms with van der Waals surface area (Å²) in [6.45, 7) is 6.15. The third-order valence-corrected chi connectivity index (χ3v) is 3.56. The second kappa shape index (κ2) is 4.77. The molecule has 7 nitrogen and oxygen atoms in total. The summed E-state index contributed by atoms with van der Waals surface area (Å²) in [6, 6.07) is 7.63. The lowest BCUT2D eigenvalue weighted by Crippen LogP contribution is -2.09. The van der Waals surface area contributed by atoms with Crippen molar-refractivity contribution in [1.29, 1.82) is 0 Å². The van der Waals surface area contributed by atoms with E-state index >= 15 is 0 Å². The van der Waals surface area contributed by atoms with Gasteiger partial charge in [-0.15, -0.1) is 0 Å².